The maximum absolute atomic E-state index is 4.50. The standard InChI is InChI=1S/C15H16N10S/c1-4-23-14-12(9(2)21-24(14)10(3)22-23)19-20-13-11(26)8-18-25(13)15-16-6-5-7-17-15/h5-8,26H,4H2,1-3H3/b20-19+. The Hall–Kier alpha value is -3.08. The fourth-order valence-corrected chi connectivity index (χ4v) is 2.83. The average Bonchev–Trinajstić information content (AvgIpc) is 3.28. The van der Waals surface area contributed by atoms with Crippen molar-refractivity contribution in [2.24, 2.45) is 10.2 Å². The van der Waals surface area contributed by atoms with E-state index in [0.29, 0.717) is 28.9 Å². The van der Waals surface area contributed by atoms with E-state index in [0.717, 1.165) is 17.2 Å². The number of nitrogens with zero attached hydrogens (tertiary/aromatic N) is 10. The number of hydrogen-bond acceptors (Lipinski definition) is 8. The maximum Gasteiger partial charge on any atom is 0.252 e. The maximum atomic E-state index is 4.50. The molecule has 0 saturated carbocycles. The quantitative estimate of drug-likeness (QED) is 0.441. The molecule has 0 fully saturated rings. The second-order valence-corrected chi connectivity index (χ2v) is 6.03. The summed E-state index contributed by atoms with van der Waals surface area (Å²) in [7, 11) is 0. The lowest BCUT2D eigenvalue weighted by atomic mass is 10.4. The van der Waals surface area contributed by atoms with Gasteiger partial charge in [-0.3, -0.25) is 0 Å². The second-order valence-electron chi connectivity index (χ2n) is 5.55. The Morgan fingerprint density at radius 3 is 2.62 bits per heavy atom. The van der Waals surface area contributed by atoms with Crippen LogP contribution in [0.4, 0.5) is 11.5 Å². The number of thiol groups is 1. The first kappa shape index (κ1) is 16.4. The molecule has 10 nitrogen and oxygen atoms in total. The van der Waals surface area contributed by atoms with Gasteiger partial charge in [-0.2, -0.15) is 24.5 Å². The Bertz CT molecular complexity index is 1100. The summed E-state index contributed by atoms with van der Waals surface area (Å²) < 4.78 is 5.11. The molecule has 4 aromatic heterocycles. The lowest BCUT2D eigenvalue weighted by molar-refractivity contribution is 0.676. The van der Waals surface area contributed by atoms with Gasteiger partial charge in [-0.05, 0) is 26.8 Å². The van der Waals surface area contributed by atoms with Crippen LogP contribution in [0.15, 0.2) is 39.8 Å². The minimum atomic E-state index is 0.396. The number of fused-ring (bicyclic) bond motifs is 1. The van der Waals surface area contributed by atoms with Crippen LogP contribution in [0.1, 0.15) is 18.4 Å². The number of hydrogen-bond donors (Lipinski definition) is 1. The summed E-state index contributed by atoms with van der Waals surface area (Å²) in [6, 6.07) is 1.73. The molecule has 0 atom stereocenters. The predicted octanol–water partition coefficient (Wildman–Crippen LogP) is 2.85. The minimum absolute atomic E-state index is 0.396. The highest BCUT2D eigenvalue weighted by Gasteiger charge is 2.18. The molecule has 4 aromatic rings. The minimum Gasteiger partial charge on any atom is -0.244 e. The molecular weight excluding hydrogens is 352 g/mol. The predicted molar refractivity (Wildman–Crippen MR) is 96.7 cm³/mol. The molecule has 132 valence electrons. The molecule has 0 radical (unpaired) electrons. The molecule has 4 rings (SSSR count). The summed E-state index contributed by atoms with van der Waals surface area (Å²) in [4.78, 5) is 8.95. The molecular formula is C15H16N10S. The van der Waals surface area contributed by atoms with Crippen LogP contribution in [-0.2, 0) is 6.54 Å². The van der Waals surface area contributed by atoms with Crippen LogP contribution in [0.2, 0.25) is 0 Å². The van der Waals surface area contributed by atoms with Crippen molar-refractivity contribution in [2.45, 2.75) is 32.2 Å². The summed E-state index contributed by atoms with van der Waals surface area (Å²) in [6.07, 6.45) is 4.85. The Kier molecular flexibility index (Phi) is 3.99. The third-order valence-electron chi connectivity index (χ3n) is 3.83. The summed E-state index contributed by atoms with van der Waals surface area (Å²) in [6.45, 7) is 6.52. The Labute approximate surface area is 154 Å². The number of azo groups is 1. The Morgan fingerprint density at radius 1 is 1.12 bits per heavy atom. The molecule has 4 heterocycles. The lowest BCUT2D eigenvalue weighted by Gasteiger charge is -2.01. The average molecular weight is 368 g/mol. The molecule has 0 N–H and O–H groups in total. The largest absolute Gasteiger partial charge is 0.252 e. The van der Waals surface area contributed by atoms with Crippen molar-refractivity contribution in [3.63, 3.8) is 0 Å². The van der Waals surface area contributed by atoms with Gasteiger partial charge in [-0.1, -0.05) is 0 Å². The highest BCUT2D eigenvalue weighted by atomic mass is 32.1. The van der Waals surface area contributed by atoms with Gasteiger partial charge in [-0.25, -0.2) is 14.6 Å². The van der Waals surface area contributed by atoms with Gasteiger partial charge in [0.25, 0.3) is 5.95 Å². The van der Waals surface area contributed by atoms with Crippen LogP contribution < -0.4 is 0 Å². The molecule has 0 aliphatic rings. The highest BCUT2D eigenvalue weighted by Crippen LogP contribution is 2.30. The third-order valence-corrected chi connectivity index (χ3v) is 4.15. The number of aromatic nitrogens is 8. The van der Waals surface area contributed by atoms with Crippen molar-refractivity contribution in [2.75, 3.05) is 0 Å². The van der Waals surface area contributed by atoms with Crippen LogP contribution in [0.5, 0.6) is 0 Å². The van der Waals surface area contributed by atoms with E-state index >= 15 is 0 Å². The van der Waals surface area contributed by atoms with Crippen molar-refractivity contribution < 1.29 is 0 Å². The van der Waals surface area contributed by atoms with Crippen LogP contribution >= 0.6 is 12.6 Å². The van der Waals surface area contributed by atoms with E-state index in [9.17, 15) is 0 Å². The van der Waals surface area contributed by atoms with Crippen molar-refractivity contribution in [1.82, 2.24) is 39.1 Å². The number of aryl methyl sites for hydroxylation is 3. The molecule has 0 aliphatic heterocycles. The van der Waals surface area contributed by atoms with E-state index in [2.05, 4.69) is 48.1 Å². The molecule has 0 aliphatic carbocycles. The van der Waals surface area contributed by atoms with Crippen molar-refractivity contribution in [3.05, 3.63) is 36.2 Å². The van der Waals surface area contributed by atoms with Crippen molar-refractivity contribution in [1.29, 1.82) is 0 Å². The zero-order valence-corrected chi connectivity index (χ0v) is 15.3. The van der Waals surface area contributed by atoms with Gasteiger partial charge in [0.2, 0.25) is 0 Å². The molecule has 0 bridgehead atoms. The summed E-state index contributed by atoms with van der Waals surface area (Å²) in [5.74, 6) is 1.63. The van der Waals surface area contributed by atoms with Gasteiger partial charge in [-0.15, -0.1) is 22.9 Å². The third kappa shape index (κ3) is 2.56. The van der Waals surface area contributed by atoms with Gasteiger partial charge >= 0.3 is 0 Å². The monoisotopic (exact) mass is 368 g/mol. The van der Waals surface area contributed by atoms with Crippen molar-refractivity contribution >= 4 is 29.8 Å². The summed E-state index contributed by atoms with van der Waals surface area (Å²) >= 11 is 4.41. The highest BCUT2D eigenvalue weighted by molar-refractivity contribution is 7.80. The normalized spacial score (nSPS) is 11.8. The Balaban J connectivity index is 1.82. The zero-order chi connectivity index (χ0) is 18.3. The summed E-state index contributed by atoms with van der Waals surface area (Å²) in [5, 5.41) is 22.0. The van der Waals surface area contributed by atoms with Crippen molar-refractivity contribution in [3.8, 4) is 5.95 Å². The molecule has 26 heavy (non-hydrogen) atoms. The number of rotatable bonds is 4. The topological polar surface area (TPSA) is 103 Å². The van der Waals surface area contributed by atoms with Crippen LogP contribution in [0.25, 0.3) is 11.6 Å². The van der Waals surface area contributed by atoms with Crippen LogP contribution in [-0.4, -0.2) is 39.1 Å². The fourth-order valence-electron chi connectivity index (χ4n) is 2.64. The molecule has 0 unspecified atom stereocenters. The molecule has 0 saturated heterocycles. The van der Waals surface area contributed by atoms with Gasteiger partial charge in [0.15, 0.2) is 17.2 Å². The van der Waals surface area contributed by atoms with E-state index in [1.165, 1.54) is 4.68 Å². The second kappa shape index (κ2) is 6.33. The molecule has 0 amide bonds. The summed E-state index contributed by atoms with van der Waals surface area (Å²) in [5.41, 5.74) is 2.22. The SMILES string of the molecule is CCn1nc(C)n2nc(C)c(/N=N/c3c(S)cnn3-c3ncccn3)c12. The molecule has 0 spiro atoms. The van der Waals surface area contributed by atoms with E-state index < -0.39 is 0 Å². The Morgan fingerprint density at radius 2 is 1.88 bits per heavy atom. The van der Waals surface area contributed by atoms with E-state index in [1.54, 1.807) is 29.2 Å². The first-order chi connectivity index (χ1) is 12.6. The smallest absolute Gasteiger partial charge is 0.244 e. The zero-order valence-electron chi connectivity index (χ0n) is 14.4. The van der Waals surface area contributed by atoms with E-state index in [1.807, 2.05) is 25.5 Å². The van der Waals surface area contributed by atoms with Gasteiger partial charge in [0, 0.05) is 18.9 Å². The van der Waals surface area contributed by atoms with Gasteiger partial charge in [0.05, 0.1) is 16.8 Å². The van der Waals surface area contributed by atoms with Gasteiger partial charge in [0.1, 0.15) is 5.82 Å². The lowest BCUT2D eigenvalue weighted by Crippen LogP contribution is -2.00. The van der Waals surface area contributed by atoms with Gasteiger partial charge < -0.3 is 0 Å². The first-order valence-corrected chi connectivity index (χ1v) is 8.43. The first-order valence-electron chi connectivity index (χ1n) is 7.99. The van der Waals surface area contributed by atoms with E-state index in [-0.39, 0.29) is 0 Å². The fraction of sp³-hybridized carbons (Fsp3) is 0.267. The molecule has 11 heteroatoms. The van der Waals surface area contributed by atoms with Crippen LogP contribution in [0.3, 0.4) is 0 Å². The molecule has 0 aromatic carbocycles. The van der Waals surface area contributed by atoms with Crippen LogP contribution in [0, 0.1) is 13.8 Å². The van der Waals surface area contributed by atoms with E-state index in [4.69, 9.17) is 0 Å².